The zero-order chi connectivity index (χ0) is 29.1. The number of ether oxygens (including phenoxy) is 2. The van der Waals surface area contributed by atoms with Crippen molar-refractivity contribution in [3.05, 3.63) is 46.9 Å². The number of H-pyrrole nitrogens is 1. The molecule has 0 aromatic carbocycles. The van der Waals surface area contributed by atoms with Crippen LogP contribution in [-0.2, 0) is 22.2 Å². The molecule has 0 unspecified atom stereocenters. The third-order valence-corrected chi connectivity index (χ3v) is 6.43. The van der Waals surface area contributed by atoms with E-state index in [4.69, 9.17) is 20.6 Å². The molecule has 4 N–H and O–H groups in total. The lowest BCUT2D eigenvalue weighted by Crippen LogP contribution is -2.49. The fourth-order valence-electron chi connectivity index (χ4n) is 4.47. The zero-order valence-electron chi connectivity index (χ0n) is 22.8. The van der Waals surface area contributed by atoms with E-state index in [9.17, 15) is 18.0 Å². The van der Waals surface area contributed by atoms with E-state index in [2.05, 4.69) is 19.9 Å². The van der Waals surface area contributed by atoms with Gasteiger partial charge in [0.1, 0.15) is 11.4 Å². The monoisotopic (exact) mass is 564 g/mol. The van der Waals surface area contributed by atoms with Crippen LogP contribution in [0.4, 0.5) is 23.8 Å². The van der Waals surface area contributed by atoms with Crippen molar-refractivity contribution in [1.29, 1.82) is 5.41 Å². The Labute approximate surface area is 230 Å². The number of halogens is 3. The summed E-state index contributed by atoms with van der Waals surface area (Å²) in [6.45, 7) is 10.3. The molecule has 0 saturated carbocycles. The Bertz CT molecular complexity index is 1240. The van der Waals surface area contributed by atoms with E-state index < -0.39 is 28.7 Å². The van der Waals surface area contributed by atoms with Gasteiger partial charge in [0, 0.05) is 63.8 Å². The molecule has 2 saturated heterocycles. The number of hydrogen-bond acceptors (Lipinski definition) is 7. The molecule has 0 aliphatic carbocycles. The molecule has 0 spiro atoms. The van der Waals surface area contributed by atoms with Gasteiger partial charge in [-0.1, -0.05) is 0 Å². The van der Waals surface area contributed by atoms with E-state index in [1.54, 1.807) is 4.90 Å². The number of pyridine rings is 1. The second kappa shape index (κ2) is 11.8. The van der Waals surface area contributed by atoms with E-state index in [1.165, 1.54) is 0 Å². The molecule has 0 atom stereocenters. The minimum atomic E-state index is -4.72. The summed E-state index contributed by atoms with van der Waals surface area (Å²) in [5, 5.41) is 8.45. The number of amides is 1. The third-order valence-electron chi connectivity index (χ3n) is 6.43. The quantitative estimate of drug-likeness (QED) is 0.383. The van der Waals surface area contributed by atoms with Crippen LogP contribution < -0.4 is 5.73 Å². The molecule has 4 rings (SSSR count). The highest BCUT2D eigenvalue weighted by atomic mass is 19.4. The van der Waals surface area contributed by atoms with Gasteiger partial charge in [-0.2, -0.15) is 13.2 Å². The van der Waals surface area contributed by atoms with Gasteiger partial charge in [-0.15, -0.1) is 0 Å². The standard InChI is InChI=1S/C26H35F3N8O3/c1-25(2,3)40-24(38)37-6-4-35(5-7-37)16-17-12-20(32-14-17)23(36-8-10-39-11-9-36)34-22(31)18-15-33-21(30)13-19(18)26(27,28)29/h12-15,31-32H,4-11,16H2,1-3H3,(H2,30,33). The first-order valence-corrected chi connectivity index (χ1v) is 13.0. The van der Waals surface area contributed by atoms with Crippen molar-refractivity contribution in [3.63, 3.8) is 0 Å². The third kappa shape index (κ3) is 7.50. The highest BCUT2D eigenvalue weighted by Gasteiger charge is 2.35. The molecular weight excluding hydrogens is 529 g/mol. The first-order valence-electron chi connectivity index (χ1n) is 13.0. The van der Waals surface area contributed by atoms with E-state index in [1.807, 2.05) is 37.9 Å². The van der Waals surface area contributed by atoms with Gasteiger partial charge in [-0.05, 0) is 38.5 Å². The van der Waals surface area contributed by atoms with Gasteiger partial charge in [0.05, 0.1) is 24.5 Å². The Morgan fingerprint density at radius 1 is 1.12 bits per heavy atom. The van der Waals surface area contributed by atoms with Crippen LogP contribution in [-0.4, -0.2) is 101 Å². The van der Waals surface area contributed by atoms with Gasteiger partial charge in [-0.25, -0.2) is 14.8 Å². The van der Waals surface area contributed by atoms with Gasteiger partial charge in [0.2, 0.25) is 0 Å². The lowest BCUT2D eigenvalue weighted by molar-refractivity contribution is -0.137. The predicted octanol–water partition coefficient (Wildman–Crippen LogP) is 3.17. The van der Waals surface area contributed by atoms with Crippen LogP contribution in [0.25, 0.3) is 0 Å². The Morgan fingerprint density at radius 3 is 2.42 bits per heavy atom. The molecular formula is C26H35F3N8O3. The van der Waals surface area contributed by atoms with E-state index in [0.29, 0.717) is 76.6 Å². The number of amidine groups is 2. The smallest absolute Gasteiger partial charge is 0.417 e. The fourth-order valence-corrected chi connectivity index (χ4v) is 4.47. The Kier molecular flexibility index (Phi) is 8.68. The number of carbonyl (C=O) groups is 1. The zero-order valence-corrected chi connectivity index (χ0v) is 22.8. The van der Waals surface area contributed by atoms with Crippen LogP contribution in [0.3, 0.4) is 0 Å². The number of nitrogen functional groups attached to an aromatic ring is 1. The highest BCUT2D eigenvalue weighted by Crippen LogP contribution is 2.33. The maximum atomic E-state index is 13.7. The van der Waals surface area contributed by atoms with Gasteiger partial charge >= 0.3 is 12.3 Å². The second-order valence-electron chi connectivity index (χ2n) is 10.7. The largest absolute Gasteiger partial charge is 0.444 e. The number of nitrogens with one attached hydrogen (secondary N) is 2. The van der Waals surface area contributed by atoms with Gasteiger partial charge in [-0.3, -0.25) is 10.3 Å². The van der Waals surface area contributed by atoms with Crippen molar-refractivity contribution in [2.75, 3.05) is 58.2 Å². The van der Waals surface area contributed by atoms with Crippen molar-refractivity contribution in [1.82, 2.24) is 24.7 Å². The number of aromatic nitrogens is 2. The predicted molar refractivity (Wildman–Crippen MR) is 143 cm³/mol. The molecule has 11 nitrogen and oxygen atoms in total. The van der Waals surface area contributed by atoms with Crippen LogP contribution in [0.15, 0.2) is 29.5 Å². The number of anilines is 1. The number of morpholine rings is 1. The summed E-state index contributed by atoms with van der Waals surface area (Å²) < 4.78 is 51.9. The first kappa shape index (κ1) is 29.3. The molecule has 14 heteroatoms. The molecule has 2 aromatic rings. The van der Waals surface area contributed by atoms with E-state index >= 15 is 0 Å². The summed E-state index contributed by atoms with van der Waals surface area (Å²) >= 11 is 0. The van der Waals surface area contributed by atoms with Crippen molar-refractivity contribution in [3.8, 4) is 0 Å². The number of alkyl halides is 3. The molecule has 40 heavy (non-hydrogen) atoms. The van der Waals surface area contributed by atoms with Crippen molar-refractivity contribution in [2.45, 2.75) is 39.1 Å². The van der Waals surface area contributed by atoms with E-state index in [-0.39, 0.29) is 11.9 Å². The normalized spacial score (nSPS) is 17.7. The summed E-state index contributed by atoms with van der Waals surface area (Å²) in [5.41, 5.74) is 4.93. The number of nitrogens with zero attached hydrogens (tertiary/aromatic N) is 5. The number of carbonyl (C=O) groups excluding carboxylic acids is 1. The average molecular weight is 565 g/mol. The van der Waals surface area contributed by atoms with Crippen molar-refractivity contribution in [2.24, 2.45) is 4.99 Å². The van der Waals surface area contributed by atoms with Crippen LogP contribution in [0.2, 0.25) is 0 Å². The Balaban J connectivity index is 1.51. The van der Waals surface area contributed by atoms with Gasteiger partial charge in [0.15, 0.2) is 11.7 Å². The molecule has 2 aliphatic heterocycles. The molecule has 2 fully saturated rings. The number of piperazine rings is 1. The minimum absolute atomic E-state index is 0.290. The molecule has 2 aromatic heterocycles. The number of nitrogens with two attached hydrogens (primary N) is 1. The molecule has 218 valence electrons. The highest BCUT2D eigenvalue weighted by molar-refractivity contribution is 6.10. The maximum absolute atomic E-state index is 13.7. The van der Waals surface area contributed by atoms with Gasteiger partial charge < -0.3 is 30.0 Å². The van der Waals surface area contributed by atoms with Crippen LogP contribution in [0.1, 0.15) is 43.2 Å². The van der Waals surface area contributed by atoms with Crippen molar-refractivity contribution >= 4 is 23.6 Å². The van der Waals surface area contributed by atoms with Crippen molar-refractivity contribution < 1.29 is 27.4 Å². The minimum Gasteiger partial charge on any atom is -0.444 e. The number of rotatable bonds is 4. The summed E-state index contributed by atoms with van der Waals surface area (Å²) in [6, 6.07) is 2.59. The second-order valence-corrected chi connectivity index (χ2v) is 10.7. The maximum Gasteiger partial charge on any atom is 0.417 e. The molecule has 4 heterocycles. The first-order chi connectivity index (χ1) is 18.8. The summed E-state index contributed by atoms with van der Waals surface area (Å²) in [6.07, 6.45) is -2.30. The summed E-state index contributed by atoms with van der Waals surface area (Å²) in [7, 11) is 0. The topological polar surface area (TPSA) is 136 Å². The van der Waals surface area contributed by atoms with Crippen LogP contribution >= 0.6 is 0 Å². The molecule has 0 radical (unpaired) electrons. The SMILES string of the molecule is CC(C)(C)OC(=O)N1CCN(Cc2c[nH]c(C(=NC(=N)c3cnc(N)cc3C(F)(F)F)N3CCOCC3)c2)CC1. The lowest BCUT2D eigenvalue weighted by atomic mass is 10.1. The number of aromatic amines is 1. The summed E-state index contributed by atoms with van der Waals surface area (Å²) in [5.74, 6) is -0.517. The molecule has 2 aliphatic rings. The van der Waals surface area contributed by atoms with Crippen LogP contribution in [0.5, 0.6) is 0 Å². The number of aliphatic imine (C=N–C) groups is 1. The molecule has 1 amide bonds. The lowest BCUT2D eigenvalue weighted by Gasteiger charge is -2.35. The van der Waals surface area contributed by atoms with Gasteiger partial charge in [0.25, 0.3) is 0 Å². The fraction of sp³-hybridized carbons (Fsp3) is 0.538. The Morgan fingerprint density at radius 2 is 1.80 bits per heavy atom. The Hall–Kier alpha value is -3.65. The number of hydrogen-bond donors (Lipinski definition) is 3. The van der Waals surface area contributed by atoms with Crippen LogP contribution in [0, 0.1) is 5.41 Å². The summed E-state index contributed by atoms with van der Waals surface area (Å²) in [4.78, 5) is 29.4. The molecule has 0 bridgehead atoms. The average Bonchev–Trinajstić information content (AvgIpc) is 3.34. The van der Waals surface area contributed by atoms with E-state index in [0.717, 1.165) is 11.8 Å².